The summed E-state index contributed by atoms with van der Waals surface area (Å²) in [5.74, 6) is -3.16. The molecule has 1 aliphatic heterocycles. The van der Waals surface area contributed by atoms with E-state index in [0.717, 1.165) is 0 Å². The lowest BCUT2D eigenvalue weighted by Gasteiger charge is -2.33. The molecule has 0 spiro atoms. The number of benzene rings is 1. The number of nitrogens with one attached hydrogen (secondary N) is 1. The number of aliphatic hydroxyl groups is 1. The Balaban J connectivity index is 1.99. The molecule has 8 heteroatoms. The van der Waals surface area contributed by atoms with Gasteiger partial charge in [0.2, 0.25) is 11.8 Å². The minimum absolute atomic E-state index is 0.196. The van der Waals surface area contributed by atoms with Gasteiger partial charge in [-0.2, -0.15) is 0 Å². The highest BCUT2D eigenvalue weighted by Crippen LogP contribution is 2.45. The van der Waals surface area contributed by atoms with Crippen molar-refractivity contribution in [2.24, 2.45) is 23.7 Å². The Bertz CT molecular complexity index is 852. The zero-order valence-corrected chi connectivity index (χ0v) is 18.7. The van der Waals surface area contributed by atoms with Gasteiger partial charge in [-0.15, -0.1) is 0 Å². The van der Waals surface area contributed by atoms with Crippen LogP contribution < -0.4 is 5.32 Å². The summed E-state index contributed by atoms with van der Waals surface area (Å²) < 4.78 is 5.25. The molecule has 0 bridgehead atoms. The summed E-state index contributed by atoms with van der Waals surface area (Å²) in [6, 6.07) is 5.33. The summed E-state index contributed by atoms with van der Waals surface area (Å²) >= 11 is 5.93. The number of ether oxygens (including phenoxy) is 1. The maximum Gasteiger partial charge on any atom is 0.310 e. The van der Waals surface area contributed by atoms with Gasteiger partial charge in [0.15, 0.2) is 0 Å². The fourth-order valence-corrected chi connectivity index (χ4v) is 4.82. The first-order valence-corrected chi connectivity index (χ1v) is 11.1. The Morgan fingerprint density at radius 3 is 2.48 bits per heavy atom. The molecule has 1 fully saturated rings. The molecule has 1 saturated heterocycles. The van der Waals surface area contributed by atoms with Crippen LogP contribution in [-0.2, 0) is 19.1 Å². The van der Waals surface area contributed by atoms with Crippen LogP contribution in [-0.4, -0.2) is 53.1 Å². The molecule has 168 valence electrons. The third-order valence-electron chi connectivity index (χ3n) is 6.22. The number of anilines is 1. The largest absolute Gasteiger partial charge is 0.466 e. The van der Waals surface area contributed by atoms with E-state index in [1.54, 1.807) is 31.2 Å². The third kappa shape index (κ3) is 4.48. The van der Waals surface area contributed by atoms with E-state index in [9.17, 15) is 19.5 Å². The van der Waals surface area contributed by atoms with Crippen molar-refractivity contribution in [3.8, 4) is 0 Å². The van der Waals surface area contributed by atoms with Gasteiger partial charge in [0.05, 0.1) is 31.1 Å². The van der Waals surface area contributed by atoms with Crippen LogP contribution in [0.15, 0.2) is 36.4 Å². The minimum atomic E-state index is -0.842. The number of carbonyl (C=O) groups excluding carboxylic acids is 3. The third-order valence-corrected chi connectivity index (χ3v) is 6.48. The van der Waals surface area contributed by atoms with E-state index in [1.807, 2.05) is 26.0 Å². The molecule has 1 aliphatic carbocycles. The lowest BCUT2D eigenvalue weighted by atomic mass is 9.70. The quantitative estimate of drug-likeness (QED) is 0.494. The van der Waals surface area contributed by atoms with Gasteiger partial charge in [0.25, 0.3) is 0 Å². The first-order valence-electron chi connectivity index (χ1n) is 10.7. The predicted molar refractivity (Wildman–Crippen MR) is 117 cm³/mol. The molecular formula is C23H29ClN2O5. The first-order chi connectivity index (χ1) is 14.8. The first kappa shape index (κ1) is 23.3. The second-order valence-electron chi connectivity index (χ2n) is 8.06. The van der Waals surface area contributed by atoms with Crippen molar-refractivity contribution in [3.05, 3.63) is 41.4 Å². The molecule has 31 heavy (non-hydrogen) atoms. The highest BCUT2D eigenvalue weighted by atomic mass is 35.5. The summed E-state index contributed by atoms with van der Waals surface area (Å²) in [4.78, 5) is 41.1. The highest BCUT2D eigenvalue weighted by Gasteiger charge is 2.58. The van der Waals surface area contributed by atoms with Crippen LogP contribution >= 0.6 is 11.6 Å². The number of esters is 1. The molecule has 2 N–H and O–H groups in total. The van der Waals surface area contributed by atoms with E-state index in [4.69, 9.17) is 16.3 Å². The maximum atomic E-state index is 13.6. The smallest absolute Gasteiger partial charge is 0.310 e. The molecule has 0 saturated carbocycles. The molecule has 2 amide bonds. The maximum absolute atomic E-state index is 13.6. The summed E-state index contributed by atoms with van der Waals surface area (Å²) in [5, 5.41) is 13.3. The number of hydrogen-bond acceptors (Lipinski definition) is 5. The van der Waals surface area contributed by atoms with E-state index >= 15 is 0 Å². The molecule has 7 nitrogen and oxygen atoms in total. The normalized spacial score (nSPS) is 28.2. The number of likely N-dealkylation sites (tertiary alicyclic amines) is 1. The lowest BCUT2D eigenvalue weighted by Crippen LogP contribution is -2.50. The Labute approximate surface area is 187 Å². The lowest BCUT2D eigenvalue weighted by molar-refractivity contribution is -0.155. The van der Waals surface area contributed by atoms with Crippen LogP contribution in [0.25, 0.3) is 0 Å². The number of fused-ring (bicyclic) bond motifs is 1. The Hall–Kier alpha value is -2.38. The molecule has 0 radical (unpaired) electrons. The average molecular weight is 449 g/mol. The van der Waals surface area contributed by atoms with Crippen LogP contribution in [0.1, 0.15) is 27.2 Å². The SMILES string of the molecule is CCOC(=O)[C@H]1[C@H]2C(=O)N([C@@H](CC)CO)[C@H](C(=O)Nc3ccc(Cl)cc3)[C@H]2C=C[C@H]1C. The zero-order valence-electron chi connectivity index (χ0n) is 18.0. The number of allylic oxidation sites excluding steroid dienone is 1. The fourth-order valence-electron chi connectivity index (χ4n) is 4.70. The van der Waals surface area contributed by atoms with E-state index < -0.39 is 35.8 Å². The number of aliphatic hydroxyl groups excluding tert-OH is 1. The van der Waals surface area contributed by atoms with E-state index in [2.05, 4.69) is 5.32 Å². The van der Waals surface area contributed by atoms with Gasteiger partial charge in [-0.1, -0.05) is 37.6 Å². The molecule has 1 heterocycles. The van der Waals surface area contributed by atoms with Gasteiger partial charge >= 0.3 is 5.97 Å². The van der Waals surface area contributed by atoms with Gasteiger partial charge < -0.3 is 20.1 Å². The monoisotopic (exact) mass is 448 g/mol. The van der Waals surface area contributed by atoms with Crippen LogP contribution in [0.2, 0.25) is 5.02 Å². The summed E-state index contributed by atoms with van der Waals surface area (Å²) in [7, 11) is 0. The van der Waals surface area contributed by atoms with Crippen molar-refractivity contribution in [2.75, 3.05) is 18.5 Å². The molecule has 0 aromatic heterocycles. The van der Waals surface area contributed by atoms with Crippen molar-refractivity contribution >= 4 is 35.1 Å². The number of halogens is 1. The summed E-state index contributed by atoms with van der Waals surface area (Å²) in [6.07, 6.45) is 4.22. The standard InChI is InChI=1S/C23H29ClN2O5/c1-4-16(12-27)26-20(21(28)25-15-9-7-14(24)8-10-15)17-11-6-13(3)18(19(17)22(26)29)23(30)31-5-2/h6-11,13,16-20,27H,4-5,12H2,1-3H3,(H,25,28)/t13-,16+,17+,18-,19+,20+/m1/s1. The van der Waals surface area contributed by atoms with Gasteiger partial charge in [0, 0.05) is 16.6 Å². The molecule has 2 aliphatic rings. The van der Waals surface area contributed by atoms with Crippen molar-refractivity contribution in [3.63, 3.8) is 0 Å². The Morgan fingerprint density at radius 1 is 1.23 bits per heavy atom. The number of rotatable bonds is 7. The Morgan fingerprint density at radius 2 is 1.90 bits per heavy atom. The van der Waals surface area contributed by atoms with Gasteiger partial charge in [-0.3, -0.25) is 14.4 Å². The fraction of sp³-hybridized carbons (Fsp3) is 0.522. The topological polar surface area (TPSA) is 95.9 Å². The number of nitrogens with zero attached hydrogens (tertiary/aromatic N) is 1. The van der Waals surface area contributed by atoms with Gasteiger partial charge in [0.1, 0.15) is 6.04 Å². The predicted octanol–water partition coefficient (Wildman–Crippen LogP) is 2.88. The second-order valence-corrected chi connectivity index (χ2v) is 8.49. The van der Waals surface area contributed by atoms with Crippen LogP contribution in [0.4, 0.5) is 5.69 Å². The number of hydrogen-bond donors (Lipinski definition) is 2. The van der Waals surface area contributed by atoms with Crippen LogP contribution in [0.3, 0.4) is 0 Å². The molecule has 1 aromatic carbocycles. The molecule has 3 rings (SSSR count). The van der Waals surface area contributed by atoms with Crippen molar-refractivity contribution in [2.45, 2.75) is 39.3 Å². The number of carbonyl (C=O) groups is 3. The van der Waals surface area contributed by atoms with Crippen molar-refractivity contribution in [1.82, 2.24) is 4.90 Å². The number of amides is 2. The zero-order chi connectivity index (χ0) is 22.7. The molecule has 1 aromatic rings. The van der Waals surface area contributed by atoms with E-state index in [0.29, 0.717) is 17.1 Å². The summed E-state index contributed by atoms with van der Waals surface area (Å²) in [5.41, 5.74) is 0.553. The van der Waals surface area contributed by atoms with Crippen LogP contribution in [0.5, 0.6) is 0 Å². The van der Waals surface area contributed by atoms with Crippen LogP contribution in [0, 0.1) is 23.7 Å². The highest BCUT2D eigenvalue weighted by molar-refractivity contribution is 6.30. The van der Waals surface area contributed by atoms with Gasteiger partial charge in [-0.25, -0.2) is 0 Å². The van der Waals surface area contributed by atoms with Gasteiger partial charge in [-0.05, 0) is 43.5 Å². The second kappa shape index (κ2) is 9.83. The molecule has 0 unspecified atom stereocenters. The minimum Gasteiger partial charge on any atom is -0.466 e. The van der Waals surface area contributed by atoms with E-state index in [1.165, 1.54) is 4.90 Å². The molecule has 6 atom stereocenters. The summed E-state index contributed by atoms with van der Waals surface area (Å²) in [6.45, 7) is 5.40. The van der Waals surface area contributed by atoms with Crippen molar-refractivity contribution < 1.29 is 24.2 Å². The Kier molecular flexibility index (Phi) is 7.38. The average Bonchev–Trinajstić information content (AvgIpc) is 3.03. The molecular weight excluding hydrogens is 420 g/mol. The van der Waals surface area contributed by atoms with Crippen molar-refractivity contribution in [1.29, 1.82) is 0 Å². The van der Waals surface area contributed by atoms with E-state index in [-0.39, 0.29) is 30.9 Å².